The van der Waals surface area contributed by atoms with E-state index in [9.17, 15) is 35.1 Å². The summed E-state index contributed by atoms with van der Waals surface area (Å²) in [5.41, 5.74) is -2.42. The Kier molecular flexibility index (Phi) is 10.7. The maximum absolute atomic E-state index is 11.2. The van der Waals surface area contributed by atoms with Crippen LogP contribution in [0.2, 0.25) is 0 Å². The monoisotopic (exact) mass is 426 g/mol. The first kappa shape index (κ1) is 24.7. The fourth-order valence-electron chi connectivity index (χ4n) is 3.02. The predicted molar refractivity (Wildman–Crippen MR) is 109 cm³/mol. The standard InChI is InChI=1S/C18H26N4O8/c23-17(24)10-8-6-4-2-1-3-5-7-9-11-19-18-15(21(27)28)12-14(20(25)26)13-16(18)22(29)30/h12-13,19H,1-11H2,(H,23,24). The highest BCUT2D eigenvalue weighted by Crippen LogP contribution is 2.38. The number of nitro benzene ring substituents is 3. The summed E-state index contributed by atoms with van der Waals surface area (Å²) in [5.74, 6) is -0.770. The lowest BCUT2D eigenvalue weighted by molar-refractivity contribution is -0.401. The first-order valence-corrected chi connectivity index (χ1v) is 9.81. The van der Waals surface area contributed by atoms with E-state index in [4.69, 9.17) is 5.11 Å². The molecule has 0 unspecified atom stereocenters. The molecule has 0 amide bonds. The number of aliphatic carboxylic acids is 1. The summed E-state index contributed by atoms with van der Waals surface area (Å²) in [6, 6.07) is 1.43. The summed E-state index contributed by atoms with van der Waals surface area (Å²) in [6.07, 6.45) is 8.33. The Hall–Kier alpha value is -3.31. The Morgan fingerprint density at radius 3 is 1.60 bits per heavy atom. The average Bonchev–Trinajstić information content (AvgIpc) is 2.67. The number of nitrogens with one attached hydrogen (secondary N) is 1. The summed E-state index contributed by atoms with van der Waals surface area (Å²) < 4.78 is 0. The van der Waals surface area contributed by atoms with Crippen LogP contribution in [0.15, 0.2) is 12.1 Å². The molecule has 0 aromatic heterocycles. The highest BCUT2D eigenvalue weighted by Gasteiger charge is 2.30. The number of anilines is 1. The van der Waals surface area contributed by atoms with E-state index in [2.05, 4.69) is 5.32 Å². The molecule has 0 heterocycles. The summed E-state index contributed by atoms with van der Waals surface area (Å²) in [7, 11) is 0. The van der Waals surface area contributed by atoms with Gasteiger partial charge in [-0.3, -0.25) is 35.1 Å². The van der Waals surface area contributed by atoms with Crippen LogP contribution in [0.3, 0.4) is 0 Å². The van der Waals surface area contributed by atoms with Crippen LogP contribution in [0.5, 0.6) is 0 Å². The number of nitrogens with zero attached hydrogens (tertiary/aromatic N) is 3. The van der Waals surface area contributed by atoms with Crippen molar-refractivity contribution in [3.05, 3.63) is 42.5 Å². The molecule has 0 saturated carbocycles. The van der Waals surface area contributed by atoms with E-state index in [0.717, 1.165) is 44.9 Å². The van der Waals surface area contributed by atoms with Crippen molar-refractivity contribution in [2.24, 2.45) is 0 Å². The van der Waals surface area contributed by atoms with Gasteiger partial charge in [-0.15, -0.1) is 0 Å². The fourth-order valence-corrected chi connectivity index (χ4v) is 3.02. The SMILES string of the molecule is O=C(O)CCCCCCCCCCCNc1c([N+](=O)[O-])cc([N+](=O)[O-])cc1[N+](=O)[O-]. The molecular formula is C18H26N4O8. The Morgan fingerprint density at radius 2 is 1.20 bits per heavy atom. The van der Waals surface area contributed by atoms with Gasteiger partial charge in [-0.2, -0.15) is 0 Å². The lowest BCUT2D eigenvalue weighted by Gasteiger charge is -2.08. The van der Waals surface area contributed by atoms with Crippen molar-refractivity contribution in [3.63, 3.8) is 0 Å². The second-order valence-corrected chi connectivity index (χ2v) is 6.88. The van der Waals surface area contributed by atoms with Crippen LogP contribution < -0.4 is 5.32 Å². The number of nitro groups is 3. The van der Waals surface area contributed by atoms with E-state index in [-0.39, 0.29) is 18.7 Å². The molecule has 1 aromatic carbocycles. The molecule has 1 rings (SSSR count). The lowest BCUT2D eigenvalue weighted by Crippen LogP contribution is -2.08. The number of hydrogen-bond acceptors (Lipinski definition) is 8. The molecule has 166 valence electrons. The maximum Gasteiger partial charge on any atom is 0.306 e. The smallest absolute Gasteiger partial charge is 0.306 e. The van der Waals surface area contributed by atoms with Gasteiger partial charge in [-0.05, 0) is 12.8 Å². The third kappa shape index (κ3) is 8.80. The number of carboxylic acids is 1. The van der Waals surface area contributed by atoms with Crippen molar-refractivity contribution in [1.82, 2.24) is 0 Å². The van der Waals surface area contributed by atoms with Crippen LogP contribution in [-0.4, -0.2) is 32.4 Å². The number of benzene rings is 1. The van der Waals surface area contributed by atoms with E-state index < -0.39 is 37.8 Å². The minimum absolute atomic E-state index is 0.206. The molecule has 30 heavy (non-hydrogen) atoms. The molecule has 1 aromatic rings. The van der Waals surface area contributed by atoms with Crippen LogP contribution in [-0.2, 0) is 4.79 Å². The Balaban J connectivity index is 2.41. The van der Waals surface area contributed by atoms with Crippen LogP contribution in [0, 0.1) is 30.3 Å². The summed E-state index contributed by atoms with van der Waals surface area (Å²) in [6.45, 7) is 0.272. The van der Waals surface area contributed by atoms with E-state index in [1.54, 1.807) is 0 Å². The minimum atomic E-state index is -0.907. The van der Waals surface area contributed by atoms with Crippen molar-refractivity contribution in [2.75, 3.05) is 11.9 Å². The molecule has 2 N–H and O–H groups in total. The molecule has 0 radical (unpaired) electrons. The Bertz CT molecular complexity index is 734. The van der Waals surface area contributed by atoms with Crippen LogP contribution >= 0.6 is 0 Å². The maximum atomic E-state index is 11.2. The third-order valence-electron chi connectivity index (χ3n) is 4.55. The molecule has 0 atom stereocenters. The van der Waals surface area contributed by atoms with Gasteiger partial charge in [0.15, 0.2) is 5.69 Å². The van der Waals surface area contributed by atoms with Gasteiger partial charge in [-0.25, -0.2) is 0 Å². The first-order chi connectivity index (χ1) is 14.2. The van der Waals surface area contributed by atoms with E-state index in [1.165, 1.54) is 0 Å². The normalized spacial score (nSPS) is 10.5. The quantitative estimate of drug-likeness (QED) is 0.213. The molecule has 0 aliphatic heterocycles. The second-order valence-electron chi connectivity index (χ2n) is 6.88. The molecule has 0 saturated heterocycles. The van der Waals surface area contributed by atoms with Gasteiger partial charge in [0.1, 0.15) is 0 Å². The summed E-state index contributed by atoms with van der Waals surface area (Å²) >= 11 is 0. The highest BCUT2D eigenvalue weighted by atomic mass is 16.6. The van der Waals surface area contributed by atoms with Crippen LogP contribution in [0.25, 0.3) is 0 Å². The van der Waals surface area contributed by atoms with Crippen LogP contribution in [0.4, 0.5) is 22.7 Å². The second kappa shape index (κ2) is 13.0. The highest BCUT2D eigenvalue weighted by molar-refractivity contribution is 5.77. The topological polar surface area (TPSA) is 179 Å². The predicted octanol–water partition coefficient (Wildman–Crippen LogP) is 4.81. The van der Waals surface area contributed by atoms with Crippen molar-refractivity contribution >= 4 is 28.7 Å². The molecule has 12 heteroatoms. The molecule has 0 bridgehead atoms. The van der Waals surface area contributed by atoms with Gasteiger partial charge in [0, 0.05) is 13.0 Å². The zero-order valence-corrected chi connectivity index (χ0v) is 16.6. The van der Waals surface area contributed by atoms with Crippen molar-refractivity contribution in [1.29, 1.82) is 0 Å². The Labute approximate surface area is 172 Å². The minimum Gasteiger partial charge on any atom is -0.481 e. The number of hydrogen-bond donors (Lipinski definition) is 2. The zero-order chi connectivity index (χ0) is 22.5. The van der Waals surface area contributed by atoms with Crippen molar-refractivity contribution in [2.45, 2.75) is 64.2 Å². The van der Waals surface area contributed by atoms with Gasteiger partial charge in [0.2, 0.25) is 0 Å². The molecule has 0 fully saturated rings. The van der Waals surface area contributed by atoms with Crippen LogP contribution in [0.1, 0.15) is 64.2 Å². The van der Waals surface area contributed by atoms with E-state index in [0.29, 0.717) is 25.0 Å². The molecular weight excluding hydrogens is 400 g/mol. The average molecular weight is 426 g/mol. The van der Waals surface area contributed by atoms with E-state index >= 15 is 0 Å². The van der Waals surface area contributed by atoms with Gasteiger partial charge in [-0.1, -0.05) is 44.9 Å². The van der Waals surface area contributed by atoms with E-state index in [1.807, 2.05) is 0 Å². The summed E-state index contributed by atoms with van der Waals surface area (Å²) in [4.78, 5) is 41.0. The molecule has 0 aliphatic carbocycles. The van der Waals surface area contributed by atoms with Gasteiger partial charge in [0.05, 0.1) is 26.9 Å². The Morgan fingerprint density at radius 1 is 0.767 bits per heavy atom. The molecule has 0 aliphatic rings. The number of rotatable bonds is 16. The number of unbranched alkanes of at least 4 members (excludes halogenated alkanes) is 8. The summed E-state index contributed by atoms with van der Waals surface area (Å²) in [5, 5.41) is 44.5. The lowest BCUT2D eigenvalue weighted by atomic mass is 10.1. The van der Waals surface area contributed by atoms with Gasteiger partial charge >= 0.3 is 17.3 Å². The largest absolute Gasteiger partial charge is 0.481 e. The molecule has 12 nitrogen and oxygen atoms in total. The zero-order valence-electron chi connectivity index (χ0n) is 16.6. The number of carbonyl (C=O) groups is 1. The molecule has 0 spiro atoms. The fraction of sp³-hybridized carbons (Fsp3) is 0.611. The van der Waals surface area contributed by atoms with Crippen molar-refractivity contribution in [3.8, 4) is 0 Å². The first-order valence-electron chi connectivity index (χ1n) is 9.81. The third-order valence-corrected chi connectivity index (χ3v) is 4.55. The van der Waals surface area contributed by atoms with Crippen molar-refractivity contribution < 1.29 is 24.7 Å². The van der Waals surface area contributed by atoms with Gasteiger partial charge < -0.3 is 10.4 Å². The number of carboxylic acid groups (broad SMARTS) is 1. The number of non-ortho nitro benzene ring substituents is 1. The van der Waals surface area contributed by atoms with Gasteiger partial charge in [0.25, 0.3) is 5.69 Å².